The highest BCUT2D eigenvalue weighted by atomic mass is 19.4. The van der Waals surface area contributed by atoms with Gasteiger partial charge in [-0.2, -0.15) is 13.2 Å². The van der Waals surface area contributed by atoms with Gasteiger partial charge in [-0.3, -0.25) is 10.1 Å². The number of hydrogen-bond donors (Lipinski definition) is 3. The first-order chi connectivity index (χ1) is 12.2. The fourth-order valence-corrected chi connectivity index (χ4v) is 2.13. The van der Waals surface area contributed by atoms with Crippen LogP contribution in [0.1, 0.15) is 44.4 Å². The van der Waals surface area contributed by atoms with Crippen LogP contribution >= 0.6 is 0 Å². The maximum Gasteiger partial charge on any atom is 0.416 e. The van der Waals surface area contributed by atoms with Gasteiger partial charge in [-0.15, -0.1) is 0 Å². The van der Waals surface area contributed by atoms with E-state index in [1.54, 1.807) is 20.8 Å². The molecule has 0 aromatic heterocycles. The maximum atomic E-state index is 12.7. The van der Waals surface area contributed by atoms with Gasteiger partial charge in [0.05, 0.1) is 22.2 Å². The predicted octanol–water partition coefficient (Wildman–Crippen LogP) is 2.92. The van der Waals surface area contributed by atoms with Gasteiger partial charge in [0, 0.05) is 12.6 Å². The zero-order chi connectivity index (χ0) is 21.0. The van der Waals surface area contributed by atoms with Crippen molar-refractivity contribution in [3.8, 4) is 0 Å². The van der Waals surface area contributed by atoms with Crippen LogP contribution in [0.15, 0.2) is 18.2 Å². The second-order valence-corrected chi connectivity index (χ2v) is 6.76. The molecule has 3 N–H and O–H groups in total. The van der Waals surface area contributed by atoms with Gasteiger partial charge in [0.2, 0.25) is 0 Å². The van der Waals surface area contributed by atoms with Crippen LogP contribution in [0.25, 0.3) is 0 Å². The van der Waals surface area contributed by atoms with E-state index in [-0.39, 0.29) is 13.0 Å². The lowest BCUT2D eigenvalue weighted by Crippen LogP contribution is -2.34. The fourth-order valence-electron chi connectivity index (χ4n) is 2.13. The molecule has 0 fully saturated rings. The van der Waals surface area contributed by atoms with Gasteiger partial charge in [-0.1, -0.05) is 0 Å². The number of rotatable bonds is 6. The monoisotopic (exact) mass is 394 g/mol. The molecule has 1 aromatic carbocycles. The third kappa shape index (κ3) is 7.02. The van der Waals surface area contributed by atoms with Gasteiger partial charge in [-0.25, -0.2) is 4.79 Å². The summed E-state index contributed by atoms with van der Waals surface area (Å²) < 4.78 is 43.1. The van der Waals surface area contributed by atoms with Crippen molar-refractivity contribution in [3.05, 3.63) is 39.4 Å². The fraction of sp³-hybridized carbons (Fsp3) is 0.562. The number of carbonyl (C=O) groups excluding carboxylic acids is 1. The van der Waals surface area contributed by atoms with Crippen LogP contribution in [0.3, 0.4) is 0 Å². The molecular formula is C16H21F3N2O6. The zero-order valence-corrected chi connectivity index (χ0v) is 14.9. The number of alkyl carbamates (subject to hydrolysis) is 1. The molecule has 0 heterocycles. The molecule has 2 atom stereocenters. The Labute approximate surface area is 153 Å². The summed E-state index contributed by atoms with van der Waals surface area (Å²) in [6.07, 6.45) is -9.13. The molecule has 1 aromatic rings. The number of nitro groups is 1. The number of nitrogens with zero attached hydrogens (tertiary/aromatic N) is 1. The smallest absolute Gasteiger partial charge is 0.416 e. The molecule has 152 valence electrons. The summed E-state index contributed by atoms with van der Waals surface area (Å²) in [4.78, 5) is 21.4. The van der Waals surface area contributed by atoms with Crippen LogP contribution in [0.2, 0.25) is 0 Å². The summed E-state index contributed by atoms with van der Waals surface area (Å²) in [7, 11) is 0. The van der Waals surface area contributed by atoms with E-state index >= 15 is 0 Å². The van der Waals surface area contributed by atoms with E-state index in [9.17, 15) is 38.3 Å². The standard InChI is InChI=1S/C16H21F3N2O6/c1-15(2,3)27-14(24)20-7-6-12(22)13(23)10-5-4-9(16(17,18)19)8-11(10)21(25)26/h4-5,8,12-13,22-23H,6-7H2,1-3H3,(H,20,24). The number of hydrogen-bond acceptors (Lipinski definition) is 6. The van der Waals surface area contributed by atoms with Gasteiger partial charge in [0.15, 0.2) is 0 Å². The van der Waals surface area contributed by atoms with Crippen molar-refractivity contribution in [3.63, 3.8) is 0 Å². The summed E-state index contributed by atoms with van der Waals surface area (Å²) >= 11 is 0. The summed E-state index contributed by atoms with van der Waals surface area (Å²) in [5.74, 6) is 0. The number of benzene rings is 1. The van der Waals surface area contributed by atoms with Crippen LogP contribution in [0, 0.1) is 10.1 Å². The lowest BCUT2D eigenvalue weighted by molar-refractivity contribution is -0.386. The SMILES string of the molecule is CC(C)(C)OC(=O)NCCC(O)C(O)c1ccc(C(F)(F)F)cc1[N+](=O)[O-]. The first-order valence-electron chi connectivity index (χ1n) is 7.91. The van der Waals surface area contributed by atoms with Crippen molar-refractivity contribution >= 4 is 11.8 Å². The van der Waals surface area contributed by atoms with Gasteiger partial charge in [0.1, 0.15) is 11.7 Å². The van der Waals surface area contributed by atoms with E-state index in [0.717, 1.165) is 6.07 Å². The topological polar surface area (TPSA) is 122 Å². The number of alkyl halides is 3. The Morgan fingerprint density at radius 3 is 2.37 bits per heavy atom. The van der Waals surface area contributed by atoms with Crippen molar-refractivity contribution in [2.45, 2.75) is 51.2 Å². The van der Waals surface area contributed by atoms with Crippen LogP contribution in [0.5, 0.6) is 0 Å². The molecule has 0 spiro atoms. The van der Waals surface area contributed by atoms with E-state index in [1.165, 1.54) is 0 Å². The van der Waals surface area contributed by atoms with Crippen molar-refractivity contribution < 1.29 is 37.8 Å². The second kappa shape index (κ2) is 8.53. The van der Waals surface area contributed by atoms with Gasteiger partial charge in [0.25, 0.3) is 5.69 Å². The molecule has 0 aliphatic rings. The number of nitro benzene ring substituents is 1. The Kier molecular flexibility index (Phi) is 7.15. The Balaban J connectivity index is 2.81. The Hall–Kier alpha value is -2.40. The number of aliphatic hydroxyl groups is 2. The van der Waals surface area contributed by atoms with Crippen LogP contribution in [-0.4, -0.2) is 39.5 Å². The molecule has 27 heavy (non-hydrogen) atoms. The molecule has 0 saturated carbocycles. The molecule has 0 aliphatic heterocycles. The van der Waals surface area contributed by atoms with E-state index in [2.05, 4.69) is 5.32 Å². The summed E-state index contributed by atoms with van der Waals surface area (Å²) in [5, 5.41) is 33.4. The Morgan fingerprint density at radius 2 is 1.89 bits per heavy atom. The maximum absolute atomic E-state index is 12.7. The number of aliphatic hydroxyl groups excluding tert-OH is 2. The third-order valence-corrected chi connectivity index (χ3v) is 3.35. The minimum absolute atomic E-state index is 0.123. The number of ether oxygens (including phenoxy) is 1. The first kappa shape index (κ1) is 22.6. The van der Waals surface area contributed by atoms with E-state index in [4.69, 9.17) is 4.74 Å². The number of halogens is 3. The lowest BCUT2D eigenvalue weighted by Gasteiger charge is -2.21. The minimum atomic E-state index is -4.79. The van der Waals surface area contributed by atoms with E-state index in [1.807, 2.05) is 0 Å². The van der Waals surface area contributed by atoms with Crippen LogP contribution in [0.4, 0.5) is 23.7 Å². The van der Waals surface area contributed by atoms with Crippen molar-refractivity contribution in [1.82, 2.24) is 5.32 Å². The molecule has 11 heteroatoms. The average molecular weight is 394 g/mol. The average Bonchev–Trinajstić information content (AvgIpc) is 2.50. The molecule has 8 nitrogen and oxygen atoms in total. The Morgan fingerprint density at radius 1 is 1.30 bits per heavy atom. The van der Waals surface area contributed by atoms with Crippen molar-refractivity contribution in [2.75, 3.05) is 6.54 Å². The molecule has 1 rings (SSSR count). The third-order valence-electron chi connectivity index (χ3n) is 3.35. The molecular weight excluding hydrogens is 373 g/mol. The zero-order valence-electron chi connectivity index (χ0n) is 14.9. The first-order valence-corrected chi connectivity index (χ1v) is 7.91. The van der Waals surface area contributed by atoms with Crippen LogP contribution < -0.4 is 5.32 Å². The number of nitrogens with one attached hydrogen (secondary N) is 1. The van der Waals surface area contributed by atoms with E-state index in [0.29, 0.717) is 12.1 Å². The number of carbonyl (C=O) groups is 1. The molecule has 2 unspecified atom stereocenters. The molecule has 0 radical (unpaired) electrons. The van der Waals surface area contributed by atoms with Gasteiger partial charge >= 0.3 is 12.3 Å². The van der Waals surface area contributed by atoms with E-state index < -0.39 is 51.8 Å². The summed E-state index contributed by atoms with van der Waals surface area (Å²) in [6.45, 7) is 4.82. The van der Waals surface area contributed by atoms with Crippen molar-refractivity contribution in [2.24, 2.45) is 0 Å². The summed E-state index contributed by atoms with van der Waals surface area (Å²) in [5.41, 5.74) is -3.40. The van der Waals surface area contributed by atoms with Gasteiger partial charge < -0.3 is 20.3 Å². The highest BCUT2D eigenvalue weighted by Crippen LogP contribution is 2.35. The number of amides is 1. The molecule has 0 aliphatic carbocycles. The lowest BCUT2D eigenvalue weighted by atomic mass is 9.98. The minimum Gasteiger partial charge on any atom is -0.444 e. The second-order valence-electron chi connectivity index (χ2n) is 6.76. The largest absolute Gasteiger partial charge is 0.444 e. The highest BCUT2D eigenvalue weighted by Gasteiger charge is 2.35. The van der Waals surface area contributed by atoms with Crippen molar-refractivity contribution in [1.29, 1.82) is 0 Å². The van der Waals surface area contributed by atoms with Gasteiger partial charge in [-0.05, 0) is 39.3 Å². The highest BCUT2D eigenvalue weighted by molar-refractivity contribution is 5.67. The molecule has 0 bridgehead atoms. The quantitative estimate of drug-likeness (QED) is 0.504. The Bertz CT molecular complexity index is 688. The molecule has 0 saturated heterocycles. The molecule has 1 amide bonds. The van der Waals surface area contributed by atoms with Crippen LogP contribution in [-0.2, 0) is 10.9 Å². The summed E-state index contributed by atoms with van der Waals surface area (Å²) in [6, 6.07) is 1.62. The normalized spacial score (nSPS) is 14.4. The predicted molar refractivity (Wildman–Crippen MR) is 87.9 cm³/mol.